The third-order valence-electron chi connectivity index (χ3n) is 6.44. The zero-order valence-corrected chi connectivity index (χ0v) is 20.7. The Morgan fingerprint density at radius 3 is 2.44 bits per heavy atom. The molecule has 180 valence electrons. The van der Waals surface area contributed by atoms with Gasteiger partial charge >= 0.3 is 6.03 Å². The van der Waals surface area contributed by atoms with Crippen LogP contribution < -0.4 is 9.64 Å². The first-order valence-corrected chi connectivity index (χ1v) is 11.9. The van der Waals surface area contributed by atoms with E-state index in [2.05, 4.69) is 11.8 Å². The Morgan fingerprint density at radius 1 is 1.06 bits per heavy atom. The molecule has 4 rings (SSSR count). The molecule has 0 saturated heterocycles. The van der Waals surface area contributed by atoms with Crippen LogP contribution in [0.15, 0.2) is 42.5 Å². The molecule has 1 aliphatic carbocycles. The van der Waals surface area contributed by atoms with Crippen LogP contribution in [-0.4, -0.2) is 52.0 Å². The van der Waals surface area contributed by atoms with Crippen molar-refractivity contribution in [3.63, 3.8) is 0 Å². The fourth-order valence-electron chi connectivity index (χ4n) is 4.64. The molecule has 0 aromatic heterocycles. The molecular formula is C27H31ClN2O4. The standard InChI is InChI=1S/C27H31ClN2O4/c1-32-16-5-4-14-27(21-8-9-21)24-18-22(28)10-13-25(24)29(26(31)30(27)15-17-33-2)19-20-6-11-23(34-3)12-7-20/h6-7,10-13,18,21H,5,8-9,15-17,19H2,1-3H3. The summed E-state index contributed by atoms with van der Waals surface area (Å²) >= 11 is 6.51. The van der Waals surface area contributed by atoms with Gasteiger partial charge in [0.2, 0.25) is 0 Å². The molecule has 6 nitrogen and oxygen atoms in total. The Hall–Kier alpha value is -2.72. The highest BCUT2D eigenvalue weighted by Gasteiger charge is 2.56. The number of nitrogens with zero attached hydrogens (tertiary/aromatic N) is 2. The highest BCUT2D eigenvalue weighted by molar-refractivity contribution is 6.30. The lowest BCUT2D eigenvalue weighted by molar-refractivity contribution is 0.0943. The molecule has 0 bridgehead atoms. The predicted octanol–water partition coefficient (Wildman–Crippen LogP) is 5.08. The van der Waals surface area contributed by atoms with Crippen molar-refractivity contribution in [3.05, 3.63) is 58.6 Å². The van der Waals surface area contributed by atoms with E-state index in [1.807, 2.05) is 52.3 Å². The van der Waals surface area contributed by atoms with E-state index in [1.54, 1.807) is 21.3 Å². The molecule has 2 aliphatic rings. The van der Waals surface area contributed by atoms with Crippen molar-refractivity contribution < 1.29 is 19.0 Å². The molecule has 2 aromatic carbocycles. The van der Waals surface area contributed by atoms with E-state index < -0.39 is 5.54 Å². The average molecular weight is 483 g/mol. The van der Waals surface area contributed by atoms with Crippen LogP contribution in [0, 0.1) is 17.8 Å². The van der Waals surface area contributed by atoms with E-state index >= 15 is 0 Å². The molecule has 2 aromatic rings. The molecule has 2 amide bonds. The second-order valence-electron chi connectivity index (χ2n) is 8.61. The number of hydrogen-bond donors (Lipinski definition) is 0. The van der Waals surface area contributed by atoms with Gasteiger partial charge in [-0.1, -0.05) is 35.6 Å². The van der Waals surface area contributed by atoms with Crippen molar-refractivity contribution >= 4 is 23.3 Å². The van der Waals surface area contributed by atoms with Crippen molar-refractivity contribution in [3.8, 4) is 17.6 Å². The quantitative estimate of drug-likeness (QED) is 0.369. The fourth-order valence-corrected chi connectivity index (χ4v) is 4.82. The second-order valence-corrected chi connectivity index (χ2v) is 9.04. The number of halogens is 1. The smallest absolute Gasteiger partial charge is 0.326 e. The van der Waals surface area contributed by atoms with E-state index in [0.717, 1.165) is 35.4 Å². The van der Waals surface area contributed by atoms with Gasteiger partial charge in [0.05, 0.1) is 32.6 Å². The maximum atomic E-state index is 14.1. The highest BCUT2D eigenvalue weighted by atomic mass is 35.5. The number of carbonyl (C=O) groups excluding carboxylic acids is 1. The Bertz CT molecular complexity index is 1070. The zero-order chi connectivity index (χ0) is 24.1. The molecule has 1 fully saturated rings. The average Bonchev–Trinajstić information content (AvgIpc) is 3.70. The van der Waals surface area contributed by atoms with Crippen LogP contribution in [0.3, 0.4) is 0 Å². The van der Waals surface area contributed by atoms with Crippen molar-refractivity contribution in [1.29, 1.82) is 0 Å². The van der Waals surface area contributed by atoms with Crippen molar-refractivity contribution in [1.82, 2.24) is 4.90 Å². The zero-order valence-electron chi connectivity index (χ0n) is 20.0. The van der Waals surface area contributed by atoms with Crippen LogP contribution in [0.2, 0.25) is 5.02 Å². The van der Waals surface area contributed by atoms with E-state index in [1.165, 1.54) is 0 Å². The summed E-state index contributed by atoms with van der Waals surface area (Å²) in [6.07, 6.45) is 2.63. The third kappa shape index (κ3) is 4.74. The Labute approximate surface area is 206 Å². The van der Waals surface area contributed by atoms with E-state index in [9.17, 15) is 4.79 Å². The lowest BCUT2D eigenvalue weighted by Crippen LogP contribution is -2.60. The number of rotatable bonds is 9. The number of carbonyl (C=O) groups is 1. The Morgan fingerprint density at radius 2 is 1.79 bits per heavy atom. The first kappa shape index (κ1) is 24.4. The summed E-state index contributed by atoms with van der Waals surface area (Å²) in [5.41, 5.74) is 2.11. The largest absolute Gasteiger partial charge is 0.497 e. The summed E-state index contributed by atoms with van der Waals surface area (Å²) < 4.78 is 15.9. The van der Waals surface area contributed by atoms with Crippen LogP contribution >= 0.6 is 11.6 Å². The van der Waals surface area contributed by atoms with Crippen LogP contribution in [0.25, 0.3) is 0 Å². The second kappa shape index (κ2) is 10.7. The van der Waals surface area contributed by atoms with E-state index in [4.69, 9.17) is 25.8 Å². The topological polar surface area (TPSA) is 51.2 Å². The van der Waals surface area contributed by atoms with Crippen LogP contribution in [0.5, 0.6) is 5.75 Å². The van der Waals surface area contributed by atoms with Gasteiger partial charge in [-0.05, 0) is 54.7 Å². The minimum Gasteiger partial charge on any atom is -0.497 e. The lowest BCUT2D eigenvalue weighted by atomic mass is 9.80. The molecule has 34 heavy (non-hydrogen) atoms. The van der Waals surface area contributed by atoms with Crippen molar-refractivity contribution in [2.24, 2.45) is 5.92 Å². The summed E-state index contributed by atoms with van der Waals surface area (Å²) in [6.45, 7) is 1.84. The van der Waals surface area contributed by atoms with Gasteiger partial charge in [-0.3, -0.25) is 4.90 Å². The molecule has 1 unspecified atom stereocenters. The van der Waals surface area contributed by atoms with Gasteiger partial charge < -0.3 is 19.1 Å². The van der Waals surface area contributed by atoms with Gasteiger partial charge in [0.1, 0.15) is 11.3 Å². The molecule has 1 aliphatic heterocycles. The van der Waals surface area contributed by atoms with Crippen LogP contribution in [0.4, 0.5) is 10.5 Å². The normalized spacial score (nSPS) is 19.5. The monoisotopic (exact) mass is 482 g/mol. The SMILES string of the molecule is COCCC#CC1(C2CC2)c2cc(Cl)ccc2N(Cc2ccc(OC)cc2)C(=O)N1CCOC. The Kier molecular flexibility index (Phi) is 7.67. The number of benzene rings is 2. The van der Waals surface area contributed by atoms with Crippen molar-refractivity contribution in [2.75, 3.05) is 46.0 Å². The maximum absolute atomic E-state index is 14.1. The summed E-state index contributed by atoms with van der Waals surface area (Å²) in [7, 11) is 4.96. The molecular weight excluding hydrogens is 452 g/mol. The molecule has 0 radical (unpaired) electrons. The number of ether oxygens (including phenoxy) is 3. The number of hydrogen-bond acceptors (Lipinski definition) is 4. The lowest BCUT2D eigenvalue weighted by Gasteiger charge is -2.49. The molecule has 7 heteroatoms. The van der Waals surface area contributed by atoms with E-state index in [0.29, 0.717) is 37.7 Å². The third-order valence-corrected chi connectivity index (χ3v) is 6.68. The van der Waals surface area contributed by atoms with E-state index in [-0.39, 0.29) is 11.9 Å². The first-order chi connectivity index (χ1) is 16.5. The van der Waals surface area contributed by atoms with Gasteiger partial charge in [0.25, 0.3) is 0 Å². The summed E-state index contributed by atoms with van der Waals surface area (Å²) in [4.78, 5) is 17.8. The number of methoxy groups -OCH3 is 3. The summed E-state index contributed by atoms with van der Waals surface area (Å²) in [5.74, 6) is 7.85. The summed E-state index contributed by atoms with van der Waals surface area (Å²) in [6, 6.07) is 13.5. The minimum absolute atomic E-state index is 0.0735. The molecule has 1 saturated carbocycles. The van der Waals surface area contributed by atoms with Crippen LogP contribution in [0.1, 0.15) is 30.4 Å². The number of anilines is 1. The number of amides is 2. The van der Waals surface area contributed by atoms with Gasteiger partial charge in [-0.15, -0.1) is 0 Å². The number of urea groups is 1. The molecule has 1 heterocycles. The van der Waals surface area contributed by atoms with Gasteiger partial charge in [-0.25, -0.2) is 4.79 Å². The van der Waals surface area contributed by atoms with Gasteiger partial charge in [0, 0.05) is 37.8 Å². The van der Waals surface area contributed by atoms with Gasteiger partial charge in [-0.2, -0.15) is 0 Å². The first-order valence-electron chi connectivity index (χ1n) is 11.5. The molecule has 1 atom stereocenters. The van der Waals surface area contributed by atoms with Gasteiger partial charge in [0.15, 0.2) is 0 Å². The predicted molar refractivity (Wildman–Crippen MR) is 133 cm³/mol. The fraction of sp³-hybridized carbons (Fsp3) is 0.444. The minimum atomic E-state index is -0.736. The molecule has 0 N–H and O–H groups in total. The Balaban J connectivity index is 1.83. The summed E-state index contributed by atoms with van der Waals surface area (Å²) in [5, 5.41) is 0.632. The maximum Gasteiger partial charge on any atom is 0.326 e. The highest BCUT2D eigenvalue weighted by Crippen LogP contribution is 2.54. The van der Waals surface area contributed by atoms with Crippen molar-refractivity contribution in [2.45, 2.75) is 31.3 Å². The van der Waals surface area contributed by atoms with Crippen LogP contribution in [-0.2, 0) is 21.6 Å². The molecule has 0 spiro atoms. The number of fused-ring (bicyclic) bond motifs is 1.